The number of carboxylic acid groups (broad SMARTS) is 1. The Labute approximate surface area is 103 Å². The van der Waals surface area contributed by atoms with Gasteiger partial charge in [0.15, 0.2) is 0 Å². The topological polar surface area (TPSA) is 78.4 Å². The lowest BCUT2D eigenvalue weighted by molar-refractivity contribution is -0.141. The van der Waals surface area contributed by atoms with Crippen molar-refractivity contribution in [3.63, 3.8) is 0 Å². The Kier molecular flexibility index (Phi) is 7.34. The summed E-state index contributed by atoms with van der Waals surface area (Å²) in [5.74, 6) is -1.50. The first-order chi connectivity index (χ1) is 7.88. The molecule has 2 amide bonds. The first-order valence-corrected chi connectivity index (χ1v) is 6.18. The SMILES string of the molecule is CCCCC(C)NC(=O)NC(C)C(C)C(=O)O. The zero-order valence-electron chi connectivity index (χ0n) is 11.1. The first-order valence-electron chi connectivity index (χ1n) is 6.18. The average molecular weight is 244 g/mol. The van der Waals surface area contributed by atoms with E-state index in [0.29, 0.717) is 0 Å². The number of unbranched alkanes of at least 4 members (excludes halogenated alkanes) is 1. The van der Waals surface area contributed by atoms with Crippen molar-refractivity contribution in [2.45, 2.75) is 59.0 Å². The molecule has 5 heteroatoms. The molecule has 0 aromatic rings. The number of carbonyl (C=O) groups excluding carboxylic acids is 1. The lowest BCUT2D eigenvalue weighted by Crippen LogP contribution is -2.47. The van der Waals surface area contributed by atoms with E-state index in [9.17, 15) is 9.59 Å². The van der Waals surface area contributed by atoms with Gasteiger partial charge in [0.2, 0.25) is 0 Å². The molecule has 0 aliphatic heterocycles. The van der Waals surface area contributed by atoms with Gasteiger partial charge >= 0.3 is 12.0 Å². The van der Waals surface area contributed by atoms with Crippen LogP contribution in [0.1, 0.15) is 47.0 Å². The van der Waals surface area contributed by atoms with Gasteiger partial charge < -0.3 is 15.7 Å². The average Bonchev–Trinajstić information content (AvgIpc) is 2.24. The second kappa shape index (κ2) is 7.92. The summed E-state index contributed by atoms with van der Waals surface area (Å²) in [6.07, 6.45) is 3.11. The predicted molar refractivity (Wildman–Crippen MR) is 66.9 cm³/mol. The van der Waals surface area contributed by atoms with Gasteiger partial charge in [-0.1, -0.05) is 19.8 Å². The molecule has 17 heavy (non-hydrogen) atoms. The van der Waals surface area contributed by atoms with Gasteiger partial charge in [-0.2, -0.15) is 0 Å². The largest absolute Gasteiger partial charge is 0.481 e. The Balaban J connectivity index is 3.96. The van der Waals surface area contributed by atoms with Crippen molar-refractivity contribution in [3.8, 4) is 0 Å². The summed E-state index contributed by atoms with van der Waals surface area (Å²) >= 11 is 0. The van der Waals surface area contributed by atoms with Crippen LogP contribution in [-0.4, -0.2) is 29.2 Å². The highest BCUT2D eigenvalue weighted by Crippen LogP contribution is 2.03. The van der Waals surface area contributed by atoms with Gasteiger partial charge in [-0.25, -0.2) is 4.79 Å². The van der Waals surface area contributed by atoms with Crippen molar-refractivity contribution >= 4 is 12.0 Å². The minimum absolute atomic E-state index is 0.113. The zero-order chi connectivity index (χ0) is 13.4. The molecule has 0 saturated carbocycles. The van der Waals surface area contributed by atoms with E-state index in [0.717, 1.165) is 19.3 Å². The highest BCUT2D eigenvalue weighted by atomic mass is 16.4. The summed E-state index contributed by atoms with van der Waals surface area (Å²) in [5.41, 5.74) is 0. The lowest BCUT2D eigenvalue weighted by atomic mass is 10.0. The maximum atomic E-state index is 11.5. The molecule has 0 radical (unpaired) electrons. The summed E-state index contributed by atoms with van der Waals surface area (Å²) in [4.78, 5) is 22.3. The molecule has 0 spiro atoms. The van der Waals surface area contributed by atoms with Gasteiger partial charge in [-0.15, -0.1) is 0 Å². The molecule has 5 nitrogen and oxygen atoms in total. The summed E-state index contributed by atoms with van der Waals surface area (Å²) < 4.78 is 0. The van der Waals surface area contributed by atoms with Crippen LogP contribution in [0, 0.1) is 5.92 Å². The molecule has 0 bridgehead atoms. The second-order valence-corrected chi connectivity index (χ2v) is 4.58. The van der Waals surface area contributed by atoms with E-state index < -0.39 is 11.9 Å². The van der Waals surface area contributed by atoms with Gasteiger partial charge in [-0.05, 0) is 27.2 Å². The minimum atomic E-state index is -0.906. The Morgan fingerprint density at radius 1 is 1.18 bits per heavy atom. The molecule has 0 aliphatic carbocycles. The van der Waals surface area contributed by atoms with Crippen molar-refractivity contribution < 1.29 is 14.7 Å². The summed E-state index contributed by atoms with van der Waals surface area (Å²) in [5, 5.41) is 14.2. The number of hydrogen-bond acceptors (Lipinski definition) is 2. The predicted octanol–water partition coefficient (Wildman–Crippen LogP) is 1.97. The van der Waals surface area contributed by atoms with Crippen molar-refractivity contribution in [1.82, 2.24) is 10.6 Å². The Bertz CT molecular complexity index is 256. The molecule has 0 rings (SSSR count). The summed E-state index contributed by atoms with van der Waals surface area (Å²) in [7, 11) is 0. The number of urea groups is 1. The Hall–Kier alpha value is -1.26. The standard InChI is InChI=1S/C12H24N2O3/c1-5-6-7-8(2)13-12(17)14-10(4)9(3)11(15)16/h8-10H,5-7H2,1-4H3,(H,15,16)(H2,13,14,17). The van der Waals surface area contributed by atoms with E-state index in [2.05, 4.69) is 17.6 Å². The van der Waals surface area contributed by atoms with E-state index in [-0.39, 0.29) is 18.1 Å². The second-order valence-electron chi connectivity index (χ2n) is 4.58. The van der Waals surface area contributed by atoms with Crippen LogP contribution in [0.4, 0.5) is 4.79 Å². The van der Waals surface area contributed by atoms with Crippen LogP contribution in [0.2, 0.25) is 0 Å². The Morgan fingerprint density at radius 3 is 2.24 bits per heavy atom. The number of hydrogen-bond donors (Lipinski definition) is 3. The molecule has 0 aromatic heterocycles. The van der Waals surface area contributed by atoms with Crippen LogP contribution in [0.3, 0.4) is 0 Å². The van der Waals surface area contributed by atoms with Gasteiger partial charge in [-0.3, -0.25) is 4.79 Å². The smallest absolute Gasteiger partial charge is 0.315 e. The lowest BCUT2D eigenvalue weighted by Gasteiger charge is -2.20. The monoisotopic (exact) mass is 244 g/mol. The highest BCUT2D eigenvalue weighted by Gasteiger charge is 2.21. The van der Waals surface area contributed by atoms with Gasteiger partial charge in [0, 0.05) is 12.1 Å². The number of amides is 2. The van der Waals surface area contributed by atoms with Crippen molar-refractivity contribution in [2.75, 3.05) is 0 Å². The number of carbonyl (C=O) groups is 2. The third-order valence-electron chi connectivity index (χ3n) is 2.87. The molecule has 0 aliphatic rings. The molecule has 0 heterocycles. The van der Waals surface area contributed by atoms with E-state index in [1.54, 1.807) is 13.8 Å². The molecular weight excluding hydrogens is 220 g/mol. The van der Waals surface area contributed by atoms with Crippen molar-refractivity contribution in [2.24, 2.45) is 5.92 Å². The van der Waals surface area contributed by atoms with Crippen LogP contribution in [0.5, 0.6) is 0 Å². The van der Waals surface area contributed by atoms with E-state index in [1.165, 1.54) is 0 Å². The van der Waals surface area contributed by atoms with Crippen LogP contribution >= 0.6 is 0 Å². The Morgan fingerprint density at radius 2 is 1.76 bits per heavy atom. The molecule has 0 fully saturated rings. The number of aliphatic carboxylic acids is 1. The fourth-order valence-corrected chi connectivity index (χ4v) is 1.39. The van der Waals surface area contributed by atoms with Crippen LogP contribution in [0.25, 0.3) is 0 Å². The normalized spacial score (nSPS) is 15.8. The highest BCUT2D eigenvalue weighted by molar-refractivity contribution is 5.76. The molecule has 3 N–H and O–H groups in total. The molecule has 3 atom stereocenters. The fraction of sp³-hybridized carbons (Fsp3) is 0.833. The van der Waals surface area contributed by atoms with Gasteiger partial charge in [0.1, 0.15) is 0 Å². The van der Waals surface area contributed by atoms with Crippen LogP contribution in [-0.2, 0) is 4.79 Å². The van der Waals surface area contributed by atoms with Crippen molar-refractivity contribution in [3.05, 3.63) is 0 Å². The third kappa shape index (κ3) is 6.81. The molecule has 0 saturated heterocycles. The van der Waals surface area contributed by atoms with Crippen molar-refractivity contribution in [1.29, 1.82) is 0 Å². The number of nitrogens with one attached hydrogen (secondary N) is 2. The molecule has 3 unspecified atom stereocenters. The quantitative estimate of drug-likeness (QED) is 0.640. The molecule has 100 valence electrons. The van der Waals surface area contributed by atoms with Crippen LogP contribution in [0.15, 0.2) is 0 Å². The minimum Gasteiger partial charge on any atom is -0.481 e. The maximum absolute atomic E-state index is 11.5. The molecular formula is C12H24N2O3. The van der Waals surface area contributed by atoms with Gasteiger partial charge in [0.25, 0.3) is 0 Å². The first kappa shape index (κ1) is 15.7. The van der Waals surface area contributed by atoms with E-state index in [1.807, 2.05) is 6.92 Å². The maximum Gasteiger partial charge on any atom is 0.315 e. The van der Waals surface area contributed by atoms with Crippen LogP contribution < -0.4 is 10.6 Å². The number of rotatable bonds is 7. The third-order valence-corrected chi connectivity index (χ3v) is 2.87. The van der Waals surface area contributed by atoms with E-state index in [4.69, 9.17) is 5.11 Å². The molecule has 0 aromatic carbocycles. The summed E-state index contributed by atoms with van der Waals surface area (Å²) in [6.45, 7) is 7.31. The zero-order valence-corrected chi connectivity index (χ0v) is 11.1. The van der Waals surface area contributed by atoms with E-state index >= 15 is 0 Å². The number of carboxylic acids is 1. The van der Waals surface area contributed by atoms with Gasteiger partial charge in [0.05, 0.1) is 5.92 Å². The fourth-order valence-electron chi connectivity index (χ4n) is 1.39. The summed E-state index contributed by atoms with van der Waals surface area (Å²) in [6, 6.07) is -0.567.